The van der Waals surface area contributed by atoms with Crippen molar-refractivity contribution in [3.05, 3.63) is 88.5 Å². The molecule has 3 rings (SSSR count). The van der Waals surface area contributed by atoms with Gasteiger partial charge >= 0.3 is 6.11 Å². The highest BCUT2D eigenvalue weighted by Crippen LogP contribution is 2.37. The smallest absolute Gasteiger partial charge is 0.429 e. The van der Waals surface area contributed by atoms with Crippen LogP contribution in [0.3, 0.4) is 0 Å². The van der Waals surface area contributed by atoms with Crippen molar-refractivity contribution in [3.63, 3.8) is 0 Å². The van der Waals surface area contributed by atoms with Gasteiger partial charge in [-0.05, 0) is 59.9 Å². The molecule has 0 saturated carbocycles. The average Bonchev–Trinajstić information content (AvgIpc) is 2.74. The number of aliphatic hydroxyl groups is 1. The Bertz CT molecular complexity index is 1170. The maximum atomic E-state index is 14.6. The summed E-state index contributed by atoms with van der Waals surface area (Å²) in [6.45, 7) is 1.18. The number of alkyl halides is 2. The lowest BCUT2D eigenvalue weighted by molar-refractivity contribution is -0.189. The summed E-state index contributed by atoms with van der Waals surface area (Å²) < 4.78 is 122. The van der Waals surface area contributed by atoms with E-state index in [1.54, 1.807) is 6.92 Å². The quantitative estimate of drug-likeness (QED) is 0.206. The Morgan fingerprint density at radius 3 is 1.97 bits per heavy atom. The standard InChI is InChI=1S/C24H18F8O3/c1-12(10-34-11-33)4-13-5-18(26)22(19(27)6-13)24(31,32)35-15-2-3-16(17(25)9-15)14-7-20(28)23(30)21(29)8-14/h2-3,5-9,12,33H,4,10-11H2,1H3. The lowest BCUT2D eigenvalue weighted by Crippen LogP contribution is -2.25. The average molecular weight is 506 g/mol. The van der Waals surface area contributed by atoms with Crippen LogP contribution >= 0.6 is 0 Å². The van der Waals surface area contributed by atoms with Crippen LogP contribution in [0, 0.1) is 40.8 Å². The van der Waals surface area contributed by atoms with Gasteiger partial charge < -0.3 is 14.6 Å². The Kier molecular flexibility index (Phi) is 8.01. The van der Waals surface area contributed by atoms with Crippen molar-refractivity contribution in [3.8, 4) is 16.9 Å². The van der Waals surface area contributed by atoms with E-state index in [0.29, 0.717) is 30.3 Å². The molecular formula is C24H18F8O3. The maximum absolute atomic E-state index is 14.6. The van der Waals surface area contributed by atoms with Crippen molar-refractivity contribution in [1.29, 1.82) is 0 Å². The fourth-order valence-electron chi connectivity index (χ4n) is 3.44. The van der Waals surface area contributed by atoms with E-state index in [1.165, 1.54) is 0 Å². The molecular weight excluding hydrogens is 488 g/mol. The maximum Gasteiger partial charge on any atom is 0.432 e. The summed E-state index contributed by atoms with van der Waals surface area (Å²) in [6, 6.07) is 4.47. The third-order valence-corrected chi connectivity index (χ3v) is 4.95. The molecule has 0 aliphatic heterocycles. The van der Waals surface area contributed by atoms with E-state index >= 15 is 0 Å². The van der Waals surface area contributed by atoms with E-state index in [9.17, 15) is 35.1 Å². The van der Waals surface area contributed by atoms with Gasteiger partial charge in [0.05, 0.1) is 6.61 Å². The van der Waals surface area contributed by atoms with Gasteiger partial charge in [-0.1, -0.05) is 6.92 Å². The molecule has 0 spiro atoms. The summed E-state index contributed by atoms with van der Waals surface area (Å²) in [5.74, 6) is -10.5. The molecule has 0 aliphatic rings. The summed E-state index contributed by atoms with van der Waals surface area (Å²) in [7, 11) is 0. The number of rotatable bonds is 9. The zero-order valence-electron chi connectivity index (χ0n) is 18.0. The fourth-order valence-corrected chi connectivity index (χ4v) is 3.44. The number of benzene rings is 3. The number of hydrogen-bond acceptors (Lipinski definition) is 3. The normalized spacial score (nSPS) is 12.6. The van der Waals surface area contributed by atoms with E-state index < -0.39 is 70.2 Å². The van der Waals surface area contributed by atoms with E-state index in [1.807, 2.05) is 0 Å². The molecule has 0 bridgehead atoms. The predicted molar refractivity (Wildman–Crippen MR) is 108 cm³/mol. The van der Waals surface area contributed by atoms with Crippen LogP contribution in [-0.2, 0) is 17.3 Å². The van der Waals surface area contributed by atoms with Gasteiger partial charge in [0, 0.05) is 11.6 Å². The minimum Gasteiger partial charge on any atom is -0.429 e. The van der Waals surface area contributed by atoms with Crippen LogP contribution in [0.15, 0.2) is 42.5 Å². The first kappa shape index (κ1) is 26.4. The van der Waals surface area contributed by atoms with Crippen LogP contribution in [0.4, 0.5) is 35.1 Å². The Hall–Kier alpha value is -3.18. The molecule has 0 fully saturated rings. The predicted octanol–water partition coefficient (Wildman–Crippen LogP) is 6.46. The first-order valence-electron chi connectivity index (χ1n) is 10.1. The molecule has 0 heterocycles. The van der Waals surface area contributed by atoms with Gasteiger partial charge in [0.25, 0.3) is 0 Å². The second kappa shape index (κ2) is 10.6. The Morgan fingerprint density at radius 2 is 1.43 bits per heavy atom. The van der Waals surface area contributed by atoms with Crippen LogP contribution in [0.1, 0.15) is 18.1 Å². The molecule has 0 aromatic heterocycles. The van der Waals surface area contributed by atoms with Crippen molar-refractivity contribution in [2.45, 2.75) is 19.5 Å². The van der Waals surface area contributed by atoms with E-state index in [2.05, 4.69) is 4.74 Å². The summed E-state index contributed by atoms with van der Waals surface area (Å²) in [5.41, 5.74) is -2.52. The van der Waals surface area contributed by atoms with E-state index in [0.717, 1.165) is 12.1 Å². The van der Waals surface area contributed by atoms with E-state index in [4.69, 9.17) is 9.84 Å². The van der Waals surface area contributed by atoms with Crippen molar-refractivity contribution >= 4 is 0 Å². The van der Waals surface area contributed by atoms with Crippen molar-refractivity contribution in [1.82, 2.24) is 0 Å². The van der Waals surface area contributed by atoms with Crippen LogP contribution in [0.25, 0.3) is 11.1 Å². The monoisotopic (exact) mass is 506 g/mol. The lowest BCUT2D eigenvalue weighted by Gasteiger charge is -2.21. The van der Waals surface area contributed by atoms with Crippen LogP contribution < -0.4 is 4.74 Å². The van der Waals surface area contributed by atoms with Crippen molar-refractivity contribution < 1.29 is 49.7 Å². The van der Waals surface area contributed by atoms with E-state index in [-0.39, 0.29) is 24.5 Å². The summed E-state index contributed by atoms with van der Waals surface area (Å²) in [6.07, 6.45) is -4.49. The van der Waals surface area contributed by atoms with Gasteiger partial charge in [0.2, 0.25) is 0 Å². The topological polar surface area (TPSA) is 38.7 Å². The molecule has 1 atom stereocenters. The highest BCUT2D eigenvalue weighted by Gasteiger charge is 2.41. The third-order valence-electron chi connectivity index (χ3n) is 4.95. The zero-order valence-corrected chi connectivity index (χ0v) is 18.0. The van der Waals surface area contributed by atoms with Gasteiger partial charge in [-0.25, -0.2) is 26.3 Å². The van der Waals surface area contributed by atoms with Gasteiger partial charge in [-0.3, -0.25) is 0 Å². The Labute approximate surface area is 194 Å². The molecule has 0 aliphatic carbocycles. The van der Waals surface area contributed by atoms with Crippen molar-refractivity contribution in [2.75, 3.05) is 13.4 Å². The van der Waals surface area contributed by atoms with Gasteiger partial charge in [-0.15, -0.1) is 0 Å². The van der Waals surface area contributed by atoms with Crippen LogP contribution in [-0.4, -0.2) is 18.5 Å². The highest BCUT2D eigenvalue weighted by atomic mass is 19.3. The lowest BCUT2D eigenvalue weighted by atomic mass is 9.99. The summed E-state index contributed by atoms with van der Waals surface area (Å²) in [5, 5.41) is 8.63. The molecule has 3 nitrogen and oxygen atoms in total. The molecule has 188 valence electrons. The minimum absolute atomic E-state index is 0.0581. The molecule has 35 heavy (non-hydrogen) atoms. The Morgan fingerprint density at radius 1 is 0.829 bits per heavy atom. The minimum atomic E-state index is -4.56. The molecule has 0 amide bonds. The molecule has 3 aromatic rings. The van der Waals surface area contributed by atoms with Crippen LogP contribution in [0.5, 0.6) is 5.75 Å². The molecule has 0 radical (unpaired) electrons. The second-order valence-corrected chi connectivity index (χ2v) is 7.76. The molecule has 3 aromatic carbocycles. The highest BCUT2D eigenvalue weighted by molar-refractivity contribution is 5.65. The summed E-state index contributed by atoms with van der Waals surface area (Å²) >= 11 is 0. The fraction of sp³-hybridized carbons (Fsp3) is 0.250. The Balaban J connectivity index is 1.84. The third kappa shape index (κ3) is 6.09. The second-order valence-electron chi connectivity index (χ2n) is 7.76. The summed E-state index contributed by atoms with van der Waals surface area (Å²) in [4.78, 5) is 0. The van der Waals surface area contributed by atoms with Gasteiger partial charge in [0.15, 0.2) is 17.5 Å². The first-order chi connectivity index (χ1) is 16.4. The number of hydrogen-bond donors (Lipinski definition) is 1. The molecule has 1 unspecified atom stereocenters. The molecule has 1 N–H and O–H groups in total. The number of halogens is 8. The van der Waals surface area contributed by atoms with Crippen LogP contribution in [0.2, 0.25) is 0 Å². The first-order valence-corrected chi connectivity index (χ1v) is 10.1. The van der Waals surface area contributed by atoms with Gasteiger partial charge in [0.1, 0.15) is 35.6 Å². The van der Waals surface area contributed by atoms with Gasteiger partial charge in [-0.2, -0.15) is 8.78 Å². The zero-order chi connectivity index (χ0) is 25.9. The SMILES string of the molecule is CC(COCO)Cc1cc(F)c(C(F)(F)Oc2ccc(-c3cc(F)c(F)c(F)c3)c(F)c2)c(F)c1. The molecule has 11 heteroatoms. The number of ether oxygens (including phenoxy) is 2. The largest absolute Gasteiger partial charge is 0.432 e. The van der Waals surface area contributed by atoms with Crippen molar-refractivity contribution in [2.24, 2.45) is 5.92 Å². The molecule has 0 saturated heterocycles. The number of aliphatic hydroxyl groups excluding tert-OH is 1.